The smallest absolute Gasteiger partial charge is 0.413 e. The summed E-state index contributed by atoms with van der Waals surface area (Å²) in [5.41, 5.74) is 0. The molecular weight excluding hydrogens is 292 g/mol. The van der Waals surface area contributed by atoms with E-state index < -0.39 is 12.0 Å². The number of carbonyl (C=O) groups is 2. The van der Waals surface area contributed by atoms with Crippen molar-refractivity contribution in [3.8, 4) is 0 Å². The van der Waals surface area contributed by atoms with E-state index >= 15 is 0 Å². The second-order valence-electron chi connectivity index (χ2n) is 4.12. The molecular formula is C13H16N4O3S. The Morgan fingerprint density at radius 2 is 2.19 bits per heavy atom. The number of amides is 2. The van der Waals surface area contributed by atoms with Gasteiger partial charge in [-0.25, -0.2) is 14.8 Å². The molecule has 7 nitrogen and oxygen atoms in total. The zero-order chi connectivity index (χ0) is 15.2. The summed E-state index contributed by atoms with van der Waals surface area (Å²) in [6, 6.07) is 1.92. The molecule has 0 saturated heterocycles. The Morgan fingerprint density at radius 1 is 1.38 bits per heavy atom. The van der Waals surface area contributed by atoms with Gasteiger partial charge in [0.2, 0.25) is 5.91 Å². The zero-order valence-electron chi connectivity index (χ0n) is 11.8. The second-order valence-corrected chi connectivity index (χ2v) is 5.01. The van der Waals surface area contributed by atoms with E-state index in [0.717, 1.165) is 10.2 Å². The zero-order valence-corrected chi connectivity index (χ0v) is 12.6. The number of imide groups is 1. The highest BCUT2D eigenvalue weighted by atomic mass is 32.1. The van der Waals surface area contributed by atoms with Crippen LogP contribution in [0.25, 0.3) is 10.2 Å². The topological polar surface area (TPSA) is 84.4 Å². The number of hydrogen-bond donors (Lipinski definition) is 1. The minimum atomic E-state index is -0.734. The molecule has 0 aliphatic rings. The van der Waals surface area contributed by atoms with Crippen LogP contribution in [-0.2, 0) is 9.53 Å². The molecule has 2 amide bonds. The van der Waals surface area contributed by atoms with Gasteiger partial charge in [-0.1, -0.05) is 0 Å². The van der Waals surface area contributed by atoms with Crippen molar-refractivity contribution in [2.75, 3.05) is 24.6 Å². The summed E-state index contributed by atoms with van der Waals surface area (Å²) in [6.07, 6.45) is 0.738. The summed E-state index contributed by atoms with van der Waals surface area (Å²) >= 11 is 1.51. The number of aromatic nitrogens is 2. The van der Waals surface area contributed by atoms with E-state index in [9.17, 15) is 9.59 Å². The summed E-state index contributed by atoms with van der Waals surface area (Å²) in [4.78, 5) is 34.2. The molecule has 2 aromatic heterocycles. The third-order valence-electron chi connectivity index (χ3n) is 2.77. The number of fused-ring (bicyclic) bond motifs is 1. The molecule has 2 heterocycles. The van der Waals surface area contributed by atoms with E-state index in [-0.39, 0.29) is 13.2 Å². The highest BCUT2D eigenvalue weighted by Gasteiger charge is 2.16. The van der Waals surface area contributed by atoms with Crippen LogP contribution < -0.4 is 10.2 Å². The number of ether oxygens (including phenoxy) is 1. The molecule has 0 aliphatic carbocycles. The van der Waals surface area contributed by atoms with Crippen molar-refractivity contribution in [1.29, 1.82) is 0 Å². The van der Waals surface area contributed by atoms with Crippen molar-refractivity contribution in [1.82, 2.24) is 15.3 Å². The first-order chi connectivity index (χ1) is 10.2. The molecule has 0 spiro atoms. The summed E-state index contributed by atoms with van der Waals surface area (Å²) in [6.45, 7) is 4.42. The molecule has 2 aromatic rings. The van der Waals surface area contributed by atoms with Gasteiger partial charge < -0.3 is 9.64 Å². The number of anilines is 1. The van der Waals surface area contributed by atoms with E-state index in [0.29, 0.717) is 12.4 Å². The first-order valence-corrected chi connectivity index (χ1v) is 7.43. The van der Waals surface area contributed by atoms with E-state index in [4.69, 9.17) is 0 Å². The van der Waals surface area contributed by atoms with E-state index in [2.05, 4.69) is 20.0 Å². The van der Waals surface area contributed by atoms with E-state index in [1.807, 2.05) is 18.4 Å². The maximum Gasteiger partial charge on any atom is 0.413 e. The minimum absolute atomic E-state index is 0.0251. The van der Waals surface area contributed by atoms with Crippen LogP contribution in [0, 0.1) is 0 Å². The largest absolute Gasteiger partial charge is 0.450 e. The number of likely N-dealkylation sites (N-methyl/N-ethyl adjacent to an activating group) is 1. The van der Waals surface area contributed by atoms with Gasteiger partial charge in [-0.3, -0.25) is 10.1 Å². The van der Waals surface area contributed by atoms with E-state index in [1.165, 1.54) is 17.7 Å². The van der Waals surface area contributed by atoms with Crippen molar-refractivity contribution in [2.45, 2.75) is 13.8 Å². The van der Waals surface area contributed by atoms with Crippen molar-refractivity contribution in [2.24, 2.45) is 0 Å². The molecule has 0 radical (unpaired) electrons. The first-order valence-electron chi connectivity index (χ1n) is 6.55. The molecule has 0 aliphatic heterocycles. The van der Waals surface area contributed by atoms with Crippen LogP contribution in [0.5, 0.6) is 0 Å². The maximum atomic E-state index is 11.9. The predicted octanol–water partition coefficient (Wildman–Crippen LogP) is 1.79. The van der Waals surface area contributed by atoms with Gasteiger partial charge in [0.25, 0.3) is 0 Å². The number of alkyl carbamates (subject to hydrolysis) is 1. The predicted molar refractivity (Wildman–Crippen MR) is 80.5 cm³/mol. The Kier molecular flexibility index (Phi) is 5.04. The lowest BCUT2D eigenvalue weighted by atomic mass is 10.3. The van der Waals surface area contributed by atoms with Crippen LogP contribution in [-0.4, -0.2) is 41.7 Å². The van der Waals surface area contributed by atoms with Crippen LogP contribution in [0.3, 0.4) is 0 Å². The molecule has 0 aromatic carbocycles. The summed E-state index contributed by atoms with van der Waals surface area (Å²) in [5.74, 6) is 0.250. The normalized spacial score (nSPS) is 10.4. The molecule has 112 valence electrons. The summed E-state index contributed by atoms with van der Waals surface area (Å²) in [5, 5.41) is 5.00. The number of nitrogens with zero attached hydrogens (tertiary/aromatic N) is 3. The Labute approximate surface area is 125 Å². The fraction of sp³-hybridized carbons (Fsp3) is 0.385. The molecule has 0 fully saturated rings. The number of carbonyl (C=O) groups excluding carboxylic acids is 2. The monoisotopic (exact) mass is 308 g/mol. The van der Waals surface area contributed by atoms with Gasteiger partial charge in [-0.2, -0.15) is 0 Å². The van der Waals surface area contributed by atoms with Crippen molar-refractivity contribution < 1.29 is 14.3 Å². The SMILES string of the molecule is CCOC(=O)NC(=O)CN(CC)c1ncnc2sccc12. The Bertz CT molecular complexity index is 643. The molecule has 2 rings (SSSR count). The fourth-order valence-electron chi connectivity index (χ4n) is 1.86. The fourth-order valence-corrected chi connectivity index (χ4v) is 2.59. The number of nitrogens with one attached hydrogen (secondary N) is 1. The quantitative estimate of drug-likeness (QED) is 0.906. The number of thiophene rings is 1. The maximum absolute atomic E-state index is 11.9. The van der Waals surface area contributed by atoms with Crippen LogP contribution in [0.4, 0.5) is 10.6 Å². The van der Waals surface area contributed by atoms with Crippen molar-refractivity contribution in [3.05, 3.63) is 17.8 Å². The van der Waals surface area contributed by atoms with E-state index in [1.54, 1.807) is 11.8 Å². The van der Waals surface area contributed by atoms with Crippen LogP contribution in [0.15, 0.2) is 17.8 Å². The van der Waals surface area contributed by atoms with Gasteiger partial charge >= 0.3 is 6.09 Å². The summed E-state index contributed by atoms with van der Waals surface area (Å²) < 4.78 is 4.68. The molecule has 0 unspecified atom stereocenters. The molecule has 21 heavy (non-hydrogen) atoms. The molecule has 0 saturated carbocycles. The molecule has 8 heteroatoms. The Hall–Kier alpha value is -2.22. The third kappa shape index (κ3) is 3.66. The first kappa shape index (κ1) is 15.2. The lowest BCUT2D eigenvalue weighted by Crippen LogP contribution is -2.40. The third-order valence-corrected chi connectivity index (χ3v) is 3.59. The van der Waals surface area contributed by atoms with Gasteiger partial charge in [0.1, 0.15) is 17.0 Å². The van der Waals surface area contributed by atoms with Gasteiger partial charge in [-0.15, -0.1) is 11.3 Å². The van der Waals surface area contributed by atoms with Crippen molar-refractivity contribution in [3.63, 3.8) is 0 Å². The Balaban J connectivity index is 2.11. The van der Waals surface area contributed by atoms with Crippen LogP contribution in [0.1, 0.15) is 13.8 Å². The van der Waals surface area contributed by atoms with Gasteiger partial charge in [0, 0.05) is 6.54 Å². The van der Waals surface area contributed by atoms with Crippen LogP contribution >= 0.6 is 11.3 Å². The molecule has 0 bridgehead atoms. The highest BCUT2D eigenvalue weighted by Crippen LogP contribution is 2.26. The molecule has 1 N–H and O–H groups in total. The van der Waals surface area contributed by atoms with Gasteiger partial charge in [0.15, 0.2) is 0 Å². The van der Waals surface area contributed by atoms with Gasteiger partial charge in [0.05, 0.1) is 18.5 Å². The highest BCUT2D eigenvalue weighted by molar-refractivity contribution is 7.16. The number of hydrogen-bond acceptors (Lipinski definition) is 7. The van der Waals surface area contributed by atoms with Gasteiger partial charge in [-0.05, 0) is 25.3 Å². The van der Waals surface area contributed by atoms with Crippen LogP contribution in [0.2, 0.25) is 0 Å². The minimum Gasteiger partial charge on any atom is -0.450 e. The lowest BCUT2D eigenvalue weighted by molar-refractivity contribution is -0.119. The summed E-state index contributed by atoms with van der Waals surface area (Å²) in [7, 11) is 0. The van der Waals surface area contributed by atoms with Crippen molar-refractivity contribution >= 4 is 39.4 Å². The Morgan fingerprint density at radius 3 is 2.90 bits per heavy atom. The second kappa shape index (κ2) is 6.98. The molecule has 0 atom stereocenters. The number of rotatable bonds is 5. The average Bonchev–Trinajstić information content (AvgIpc) is 2.93. The average molecular weight is 308 g/mol. The lowest BCUT2D eigenvalue weighted by Gasteiger charge is -2.21. The standard InChI is InChI=1S/C13H16N4O3S/c1-3-17(7-10(18)16-13(19)20-4-2)11-9-5-6-21-12(9)15-8-14-11/h5-6,8H,3-4,7H2,1-2H3,(H,16,18,19).